The van der Waals surface area contributed by atoms with E-state index in [4.69, 9.17) is 5.11 Å². The van der Waals surface area contributed by atoms with Crippen molar-refractivity contribution >= 4 is 17.2 Å². The summed E-state index contributed by atoms with van der Waals surface area (Å²) in [4.78, 5) is 14.0. The van der Waals surface area contributed by atoms with Gasteiger partial charge in [0.1, 0.15) is 0 Å². The second-order valence-corrected chi connectivity index (χ2v) is 6.79. The SMILES string of the molecule is Cc1cc(C(=O)NC2CCCCC2C)sc1C#CCCO. The first-order chi connectivity index (χ1) is 10.1. The number of rotatable bonds is 3. The van der Waals surface area contributed by atoms with Gasteiger partial charge in [-0.15, -0.1) is 11.3 Å². The lowest BCUT2D eigenvalue weighted by Crippen LogP contribution is -2.40. The summed E-state index contributed by atoms with van der Waals surface area (Å²) >= 11 is 1.44. The van der Waals surface area contributed by atoms with E-state index < -0.39 is 0 Å². The molecule has 2 unspecified atom stereocenters. The van der Waals surface area contributed by atoms with Gasteiger partial charge in [0.25, 0.3) is 5.91 Å². The fourth-order valence-electron chi connectivity index (χ4n) is 2.69. The van der Waals surface area contributed by atoms with E-state index in [0.29, 0.717) is 18.4 Å². The Balaban J connectivity index is 2.03. The summed E-state index contributed by atoms with van der Waals surface area (Å²) in [5, 5.41) is 11.9. The minimum Gasteiger partial charge on any atom is -0.395 e. The number of aryl methyl sites for hydroxylation is 1. The molecule has 0 saturated heterocycles. The zero-order valence-corrected chi connectivity index (χ0v) is 13.6. The first-order valence-corrected chi connectivity index (χ1v) is 8.44. The Labute approximate surface area is 130 Å². The number of hydrogen-bond donors (Lipinski definition) is 2. The van der Waals surface area contributed by atoms with Crippen LogP contribution in [0, 0.1) is 24.7 Å². The van der Waals surface area contributed by atoms with Crippen molar-refractivity contribution in [3.8, 4) is 11.8 Å². The molecule has 2 N–H and O–H groups in total. The predicted molar refractivity (Wildman–Crippen MR) is 86.5 cm³/mol. The average molecular weight is 305 g/mol. The van der Waals surface area contributed by atoms with Gasteiger partial charge in [-0.05, 0) is 37.3 Å². The molecule has 2 atom stereocenters. The zero-order chi connectivity index (χ0) is 15.2. The molecule has 21 heavy (non-hydrogen) atoms. The number of nitrogens with one attached hydrogen (secondary N) is 1. The van der Waals surface area contributed by atoms with Gasteiger partial charge in [-0.3, -0.25) is 4.79 Å². The highest BCUT2D eigenvalue weighted by Crippen LogP contribution is 2.25. The number of aliphatic hydroxyl groups is 1. The number of amides is 1. The van der Waals surface area contributed by atoms with Crippen molar-refractivity contribution in [1.82, 2.24) is 5.32 Å². The molecular formula is C17H23NO2S. The lowest BCUT2D eigenvalue weighted by molar-refractivity contribution is 0.0914. The molecule has 1 aromatic rings. The zero-order valence-electron chi connectivity index (χ0n) is 12.7. The molecule has 1 aromatic heterocycles. The van der Waals surface area contributed by atoms with Crippen molar-refractivity contribution in [2.24, 2.45) is 5.92 Å². The van der Waals surface area contributed by atoms with Crippen LogP contribution in [0.5, 0.6) is 0 Å². The molecule has 1 saturated carbocycles. The van der Waals surface area contributed by atoms with Crippen LogP contribution in [0.2, 0.25) is 0 Å². The molecular weight excluding hydrogens is 282 g/mol. The third-order valence-corrected chi connectivity index (χ3v) is 5.16. The fourth-order valence-corrected chi connectivity index (χ4v) is 3.64. The second-order valence-electron chi connectivity index (χ2n) is 5.74. The molecule has 0 aromatic carbocycles. The highest BCUT2D eigenvalue weighted by atomic mass is 32.1. The number of carbonyl (C=O) groups is 1. The van der Waals surface area contributed by atoms with Crippen molar-refractivity contribution in [3.05, 3.63) is 21.4 Å². The lowest BCUT2D eigenvalue weighted by Gasteiger charge is -2.29. The Kier molecular flexibility index (Phi) is 5.84. The smallest absolute Gasteiger partial charge is 0.261 e. The van der Waals surface area contributed by atoms with Crippen LogP contribution in [0.1, 0.15) is 59.1 Å². The van der Waals surface area contributed by atoms with Crippen LogP contribution < -0.4 is 5.32 Å². The monoisotopic (exact) mass is 305 g/mol. The van der Waals surface area contributed by atoms with Crippen LogP contribution >= 0.6 is 11.3 Å². The molecule has 3 nitrogen and oxygen atoms in total. The van der Waals surface area contributed by atoms with E-state index >= 15 is 0 Å². The molecule has 1 aliphatic carbocycles. The summed E-state index contributed by atoms with van der Waals surface area (Å²) in [5.41, 5.74) is 1.03. The van der Waals surface area contributed by atoms with Gasteiger partial charge in [0.05, 0.1) is 16.4 Å². The second kappa shape index (κ2) is 7.63. The highest BCUT2D eigenvalue weighted by Gasteiger charge is 2.24. The molecule has 0 radical (unpaired) electrons. The van der Waals surface area contributed by atoms with E-state index in [1.165, 1.54) is 30.6 Å². The van der Waals surface area contributed by atoms with Gasteiger partial charge in [-0.25, -0.2) is 0 Å². The molecule has 1 aliphatic rings. The van der Waals surface area contributed by atoms with Gasteiger partial charge < -0.3 is 10.4 Å². The average Bonchev–Trinajstić information content (AvgIpc) is 2.83. The predicted octanol–water partition coefficient (Wildman–Crippen LogP) is 3.10. The summed E-state index contributed by atoms with van der Waals surface area (Å²) in [6.45, 7) is 4.26. The topological polar surface area (TPSA) is 49.3 Å². The maximum atomic E-state index is 12.4. The normalized spacial score (nSPS) is 21.5. The van der Waals surface area contributed by atoms with Crippen molar-refractivity contribution in [1.29, 1.82) is 0 Å². The van der Waals surface area contributed by atoms with E-state index in [1.807, 2.05) is 13.0 Å². The Morgan fingerprint density at radius 1 is 1.48 bits per heavy atom. The number of carbonyl (C=O) groups excluding carboxylic acids is 1. The maximum Gasteiger partial charge on any atom is 0.261 e. The Bertz CT molecular complexity index is 553. The van der Waals surface area contributed by atoms with Gasteiger partial charge in [0, 0.05) is 12.5 Å². The Morgan fingerprint density at radius 2 is 2.24 bits per heavy atom. The molecule has 0 bridgehead atoms. The molecule has 1 amide bonds. The molecule has 0 spiro atoms. The Morgan fingerprint density at radius 3 is 2.95 bits per heavy atom. The van der Waals surface area contributed by atoms with Crippen molar-refractivity contribution in [2.75, 3.05) is 6.61 Å². The minimum absolute atomic E-state index is 0.0251. The molecule has 0 aliphatic heterocycles. The lowest BCUT2D eigenvalue weighted by atomic mass is 9.86. The van der Waals surface area contributed by atoms with Gasteiger partial charge >= 0.3 is 0 Å². The third-order valence-electron chi connectivity index (χ3n) is 4.01. The largest absolute Gasteiger partial charge is 0.395 e. The van der Waals surface area contributed by atoms with E-state index in [1.54, 1.807) is 0 Å². The van der Waals surface area contributed by atoms with E-state index in [-0.39, 0.29) is 12.5 Å². The van der Waals surface area contributed by atoms with Gasteiger partial charge in [-0.1, -0.05) is 31.6 Å². The number of thiophene rings is 1. The van der Waals surface area contributed by atoms with Gasteiger partial charge in [-0.2, -0.15) is 0 Å². The summed E-state index contributed by atoms with van der Waals surface area (Å²) in [7, 11) is 0. The van der Waals surface area contributed by atoms with Crippen LogP contribution in [0.15, 0.2) is 6.07 Å². The maximum absolute atomic E-state index is 12.4. The summed E-state index contributed by atoms with van der Waals surface area (Å²) < 4.78 is 0. The van der Waals surface area contributed by atoms with Gasteiger partial charge in [0.2, 0.25) is 0 Å². The summed E-state index contributed by atoms with van der Waals surface area (Å²) in [6, 6.07) is 2.22. The molecule has 4 heteroatoms. The van der Waals surface area contributed by atoms with Gasteiger partial charge in [0.15, 0.2) is 0 Å². The molecule has 114 valence electrons. The molecule has 1 heterocycles. The fraction of sp³-hybridized carbons (Fsp3) is 0.588. The van der Waals surface area contributed by atoms with Crippen LogP contribution in [0.25, 0.3) is 0 Å². The first-order valence-electron chi connectivity index (χ1n) is 7.63. The first kappa shape index (κ1) is 16.1. The quantitative estimate of drug-likeness (QED) is 0.843. The van der Waals surface area contributed by atoms with Crippen LogP contribution in [0.3, 0.4) is 0 Å². The molecule has 2 rings (SSSR count). The van der Waals surface area contributed by atoms with Crippen molar-refractivity contribution in [2.45, 2.75) is 52.0 Å². The van der Waals surface area contributed by atoms with Crippen molar-refractivity contribution < 1.29 is 9.90 Å². The Hall–Kier alpha value is -1.31. The number of aliphatic hydroxyl groups excluding tert-OH is 1. The van der Waals surface area contributed by atoms with Crippen molar-refractivity contribution in [3.63, 3.8) is 0 Å². The van der Waals surface area contributed by atoms with Crippen LogP contribution in [0.4, 0.5) is 0 Å². The highest BCUT2D eigenvalue weighted by molar-refractivity contribution is 7.14. The van der Waals surface area contributed by atoms with E-state index in [9.17, 15) is 4.79 Å². The summed E-state index contributed by atoms with van der Waals surface area (Å²) in [5.74, 6) is 6.53. The van der Waals surface area contributed by atoms with E-state index in [0.717, 1.165) is 21.7 Å². The van der Waals surface area contributed by atoms with E-state index in [2.05, 4.69) is 24.1 Å². The van der Waals surface area contributed by atoms with Crippen LogP contribution in [-0.4, -0.2) is 23.7 Å². The number of hydrogen-bond acceptors (Lipinski definition) is 3. The third kappa shape index (κ3) is 4.33. The van der Waals surface area contributed by atoms with Crippen LogP contribution in [-0.2, 0) is 0 Å². The molecule has 1 fully saturated rings. The summed E-state index contributed by atoms with van der Waals surface area (Å²) in [6.07, 6.45) is 5.23. The standard InChI is InChI=1S/C17H23NO2S/c1-12-7-3-4-8-14(12)18-17(20)16-11-13(2)15(21-16)9-5-6-10-19/h11-12,14,19H,3-4,6-8,10H2,1-2H3,(H,18,20). The minimum atomic E-state index is 0.0251.